The van der Waals surface area contributed by atoms with Crippen molar-refractivity contribution in [2.75, 3.05) is 5.32 Å². The Bertz CT molecular complexity index is 1570. The molecule has 9 nitrogen and oxygen atoms in total. The third kappa shape index (κ3) is 4.53. The van der Waals surface area contributed by atoms with E-state index in [-0.39, 0.29) is 29.6 Å². The number of anilines is 1. The fourth-order valence-corrected chi connectivity index (χ4v) is 3.61. The van der Waals surface area contributed by atoms with Crippen molar-refractivity contribution in [1.82, 2.24) is 24.1 Å². The number of fused-ring (bicyclic) bond motifs is 2. The van der Waals surface area contributed by atoms with Crippen LogP contribution in [-0.4, -0.2) is 30.6 Å². The first-order valence-corrected chi connectivity index (χ1v) is 10.6. The molecule has 0 radical (unpaired) electrons. The second-order valence-electron chi connectivity index (χ2n) is 7.72. The van der Waals surface area contributed by atoms with Gasteiger partial charge in [-0.2, -0.15) is 0 Å². The fraction of sp³-hybridized carbons (Fsp3) is 0.0800. The lowest BCUT2D eigenvalue weighted by Crippen LogP contribution is -2.23. The molecule has 1 aromatic carbocycles. The van der Waals surface area contributed by atoms with Gasteiger partial charge in [-0.3, -0.25) is 18.8 Å². The van der Waals surface area contributed by atoms with Crippen LogP contribution in [0.25, 0.3) is 11.3 Å². The SMILES string of the molecule is O=C(Cc1cn2cc(C(=O)NCc3ccccc3)ccc2n1)Nc1cc(=O)n2ccccc2n1. The highest BCUT2D eigenvalue weighted by atomic mass is 16.2. The number of pyridine rings is 2. The highest BCUT2D eigenvalue weighted by Crippen LogP contribution is 2.10. The van der Waals surface area contributed by atoms with Crippen LogP contribution in [0.5, 0.6) is 0 Å². The second kappa shape index (κ2) is 8.99. The van der Waals surface area contributed by atoms with Gasteiger partial charge in [0.05, 0.1) is 17.7 Å². The van der Waals surface area contributed by atoms with Gasteiger partial charge in [-0.1, -0.05) is 36.4 Å². The van der Waals surface area contributed by atoms with Crippen molar-refractivity contribution in [3.8, 4) is 0 Å². The number of benzene rings is 1. The Hall–Kier alpha value is -4.79. The van der Waals surface area contributed by atoms with E-state index in [4.69, 9.17) is 0 Å². The number of carbonyl (C=O) groups is 2. The lowest BCUT2D eigenvalue weighted by molar-refractivity contribution is -0.115. The van der Waals surface area contributed by atoms with Crippen molar-refractivity contribution >= 4 is 28.9 Å². The molecule has 0 aliphatic heterocycles. The van der Waals surface area contributed by atoms with Gasteiger partial charge in [-0.15, -0.1) is 0 Å². The molecule has 5 aromatic rings. The summed E-state index contributed by atoms with van der Waals surface area (Å²) in [5.41, 5.74) is 2.79. The fourth-order valence-electron chi connectivity index (χ4n) is 3.61. The summed E-state index contributed by atoms with van der Waals surface area (Å²) in [6.45, 7) is 0.430. The summed E-state index contributed by atoms with van der Waals surface area (Å²) in [5, 5.41) is 5.55. The molecule has 2 N–H and O–H groups in total. The summed E-state index contributed by atoms with van der Waals surface area (Å²) in [5.74, 6) is -0.369. The number of hydrogen-bond donors (Lipinski definition) is 2. The zero-order valence-electron chi connectivity index (χ0n) is 18.0. The molecule has 0 saturated heterocycles. The standard InChI is InChI=1S/C25H20N6O3/c32-23(29-20-13-24(33)31-11-5-4-8-22(31)28-20)12-19-16-30-15-18(9-10-21(30)27-19)25(34)26-14-17-6-2-1-3-7-17/h1-11,13,15-16H,12,14H2,(H,26,34)(H,29,32). The molecule has 0 saturated carbocycles. The number of rotatable bonds is 6. The molecule has 0 aliphatic carbocycles. The molecular formula is C25H20N6O3. The maximum Gasteiger partial charge on any atom is 0.259 e. The summed E-state index contributed by atoms with van der Waals surface area (Å²) in [6.07, 6.45) is 4.98. The largest absolute Gasteiger partial charge is 0.348 e. The van der Waals surface area contributed by atoms with Crippen molar-refractivity contribution in [3.63, 3.8) is 0 Å². The monoisotopic (exact) mass is 452 g/mol. The van der Waals surface area contributed by atoms with E-state index in [0.717, 1.165) is 5.56 Å². The van der Waals surface area contributed by atoms with Gasteiger partial charge in [-0.25, -0.2) is 9.97 Å². The first-order valence-electron chi connectivity index (χ1n) is 10.6. The number of aromatic nitrogens is 4. The van der Waals surface area contributed by atoms with E-state index in [2.05, 4.69) is 20.6 Å². The number of nitrogens with one attached hydrogen (secondary N) is 2. The molecule has 0 atom stereocenters. The number of carbonyl (C=O) groups excluding carboxylic acids is 2. The lowest BCUT2D eigenvalue weighted by Gasteiger charge is -2.05. The minimum absolute atomic E-state index is 0.00689. The van der Waals surface area contributed by atoms with Crippen molar-refractivity contribution in [2.45, 2.75) is 13.0 Å². The zero-order chi connectivity index (χ0) is 23.5. The molecule has 34 heavy (non-hydrogen) atoms. The number of amides is 2. The maximum atomic E-state index is 12.5. The molecule has 168 valence electrons. The third-order valence-corrected chi connectivity index (χ3v) is 5.24. The normalized spacial score (nSPS) is 10.9. The van der Waals surface area contributed by atoms with Crippen LogP contribution in [-0.2, 0) is 17.8 Å². The average Bonchev–Trinajstić information content (AvgIpc) is 3.24. The summed E-state index contributed by atoms with van der Waals surface area (Å²) < 4.78 is 3.10. The molecule has 0 spiro atoms. The van der Waals surface area contributed by atoms with Crippen LogP contribution in [0.2, 0.25) is 0 Å². The molecule has 0 aliphatic rings. The predicted molar refractivity (Wildman–Crippen MR) is 127 cm³/mol. The molecule has 4 aromatic heterocycles. The smallest absolute Gasteiger partial charge is 0.259 e. The van der Waals surface area contributed by atoms with E-state index in [0.29, 0.717) is 29.1 Å². The lowest BCUT2D eigenvalue weighted by atomic mass is 10.2. The molecule has 9 heteroatoms. The zero-order valence-corrected chi connectivity index (χ0v) is 18.0. The van der Waals surface area contributed by atoms with Crippen molar-refractivity contribution in [1.29, 1.82) is 0 Å². The van der Waals surface area contributed by atoms with Gasteiger partial charge in [0.2, 0.25) is 5.91 Å². The van der Waals surface area contributed by atoms with E-state index in [1.54, 1.807) is 53.3 Å². The Morgan fingerprint density at radius 3 is 2.56 bits per heavy atom. The summed E-state index contributed by atoms with van der Waals surface area (Å²) >= 11 is 0. The quantitative estimate of drug-likeness (QED) is 0.411. The van der Waals surface area contributed by atoms with Gasteiger partial charge < -0.3 is 15.0 Å². The molecular weight excluding hydrogens is 432 g/mol. The Kier molecular flexibility index (Phi) is 5.57. The van der Waals surface area contributed by atoms with Gasteiger partial charge in [-0.05, 0) is 29.8 Å². The molecule has 2 amide bonds. The Morgan fingerprint density at radius 2 is 1.71 bits per heavy atom. The molecule has 4 heterocycles. The van der Waals surface area contributed by atoms with Crippen LogP contribution in [0.1, 0.15) is 21.6 Å². The van der Waals surface area contributed by atoms with Crippen molar-refractivity contribution in [3.05, 3.63) is 112 Å². The van der Waals surface area contributed by atoms with E-state index in [1.165, 1.54) is 10.5 Å². The Morgan fingerprint density at radius 1 is 0.882 bits per heavy atom. The van der Waals surface area contributed by atoms with Gasteiger partial charge in [0.1, 0.15) is 17.1 Å². The van der Waals surface area contributed by atoms with E-state index >= 15 is 0 Å². The van der Waals surface area contributed by atoms with Gasteiger partial charge in [0.15, 0.2) is 0 Å². The van der Waals surface area contributed by atoms with Crippen LogP contribution >= 0.6 is 0 Å². The summed E-state index contributed by atoms with van der Waals surface area (Å²) in [6, 6.07) is 19.5. The van der Waals surface area contributed by atoms with E-state index < -0.39 is 0 Å². The number of imidazole rings is 1. The van der Waals surface area contributed by atoms with Crippen LogP contribution in [0.4, 0.5) is 5.82 Å². The topological polar surface area (TPSA) is 110 Å². The molecule has 0 bridgehead atoms. The number of hydrogen-bond acceptors (Lipinski definition) is 5. The van der Waals surface area contributed by atoms with E-state index in [9.17, 15) is 14.4 Å². The maximum absolute atomic E-state index is 12.5. The van der Waals surface area contributed by atoms with Gasteiger partial charge in [0.25, 0.3) is 11.5 Å². The first kappa shape index (κ1) is 21.1. The summed E-state index contributed by atoms with van der Waals surface area (Å²) in [4.78, 5) is 46.0. The predicted octanol–water partition coefficient (Wildman–Crippen LogP) is 2.45. The minimum atomic E-state index is -0.351. The van der Waals surface area contributed by atoms with Crippen LogP contribution in [0, 0.1) is 0 Å². The number of nitrogens with zero attached hydrogens (tertiary/aromatic N) is 4. The van der Waals surface area contributed by atoms with Crippen LogP contribution in [0.3, 0.4) is 0 Å². The van der Waals surface area contributed by atoms with Gasteiger partial charge >= 0.3 is 0 Å². The first-order chi connectivity index (χ1) is 16.5. The van der Waals surface area contributed by atoms with Crippen molar-refractivity contribution < 1.29 is 9.59 Å². The highest BCUT2D eigenvalue weighted by molar-refractivity contribution is 5.94. The second-order valence-corrected chi connectivity index (χ2v) is 7.72. The van der Waals surface area contributed by atoms with Crippen LogP contribution < -0.4 is 16.2 Å². The van der Waals surface area contributed by atoms with Crippen molar-refractivity contribution in [2.24, 2.45) is 0 Å². The molecule has 0 fully saturated rings. The average molecular weight is 452 g/mol. The van der Waals surface area contributed by atoms with Crippen LogP contribution in [0.15, 0.2) is 90.1 Å². The molecule has 5 rings (SSSR count). The Balaban J connectivity index is 1.26. The minimum Gasteiger partial charge on any atom is -0.348 e. The van der Waals surface area contributed by atoms with E-state index in [1.807, 2.05) is 30.3 Å². The summed E-state index contributed by atoms with van der Waals surface area (Å²) in [7, 11) is 0. The highest BCUT2D eigenvalue weighted by Gasteiger charge is 2.12. The Labute approximate surface area is 193 Å². The molecule has 0 unspecified atom stereocenters. The third-order valence-electron chi connectivity index (χ3n) is 5.24. The van der Waals surface area contributed by atoms with Gasteiger partial charge in [0, 0.05) is 31.2 Å².